The van der Waals surface area contributed by atoms with Gasteiger partial charge in [-0.25, -0.2) is 4.79 Å². The Morgan fingerprint density at radius 2 is 1.46 bits per heavy atom. The van der Waals surface area contributed by atoms with Crippen LogP contribution in [0.1, 0.15) is 147 Å². The Labute approximate surface area is 484 Å². The highest BCUT2D eigenvalue weighted by molar-refractivity contribution is 6.35. The molecule has 7 amide bonds. The molecule has 0 unspecified atom stereocenters. The van der Waals surface area contributed by atoms with Crippen molar-refractivity contribution in [3.05, 3.63) is 29.8 Å². The smallest absolute Gasteiger partial charge is 0.329 e. The van der Waals surface area contributed by atoms with Crippen LogP contribution in [0.3, 0.4) is 0 Å². The van der Waals surface area contributed by atoms with E-state index in [0.717, 1.165) is 6.92 Å². The van der Waals surface area contributed by atoms with Crippen LogP contribution in [0.25, 0.3) is 0 Å². The van der Waals surface area contributed by atoms with Crippen molar-refractivity contribution in [3.8, 4) is 5.75 Å². The zero-order valence-corrected chi connectivity index (χ0v) is 51.2. The lowest BCUT2D eigenvalue weighted by Gasteiger charge is -2.37. The van der Waals surface area contributed by atoms with Crippen LogP contribution in [0.5, 0.6) is 5.75 Å². The van der Waals surface area contributed by atoms with E-state index in [9.17, 15) is 38.4 Å². The maximum Gasteiger partial charge on any atom is 0.329 e. The predicted octanol–water partition coefficient (Wildman–Crippen LogP) is 3.96. The number of amides is 7. The van der Waals surface area contributed by atoms with E-state index < -0.39 is 156 Å². The zero-order chi connectivity index (χ0) is 61.6. The Morgan fingerprint density at radius 3 is 2.02 bits per heavy atom. The van der Waals surface area contributed by atoms with Crippen LogP contribution in [0.2, 0.25) is 0 Å². The summed E-state index contributed by atoms with van der Waals surface area (Å²) in [5.41, 5.74) is 0.582. The van der Waals surface area contributed by atoms with Crippen molar-refractivity contribution in [2.45, 2.75) is 215 Å². The Hall–Kier alpha value is -6.45. The topological polar surface area (TPSA) is 274 Å². The molecule has 0 spiro atoms. The number of nitrogens with zero attached hydrogens (tertiary/aromatic N) is 4. The first-order valence-corrected chi connectivity index (χ1v) is 29.2. The number of benzene rings is 1. The molecule has 82 heavy (non-hydrogen) atoms. The van der Waals surface area contributed by atoms with E-state index in [1.807, 2.05) is 41.5 Å². The summed E-state index contributed by atoms with van der Waals surface area (Å²) >= 11 is 0. The summed E-state index contributed by atoms with van der Waals surface area (Å²) in [7, 11) is 4.32. The lowest BCUT2D eigenvalue weighted by atomic mass is 9.91. The first-order chi connectivity index (χ1) is 38.4. The zero-order valence-electron chi connectivity index (χ0n) is 51.2. The van der Waals surface area contributed by atoms with Crippen LogP contribution < -0.4 is 20.7 Å². The van der Waals surface area contributed by atoms with Crippen LogP contribution in [-0.4, -0.2) is 185 Å². The fraction of sp³-hybridized carbons (Fsp3) is 0.717. The molecule has 22 nitrogen and oxygen atoms in total. The molecule has 0 saturated carbocycles. The van der Waals surface area contributed by atoms with Gasteiger partial charge in [0.1, 0.15) is 48.1 Å². The summed E-state index contributed by atoms with van der Waals surface area (Å²) in [6.07, 6.45) is -3.25. The maximum atomic E-state index is 15.3. The number of likely N-dealkylation sites (tertiary alicyclic amines) is 1. The monoisotopic (exact) mass is 1150 g/mol. The molecule has 3 fully saturated rings. The molecule has 22 heteroatoms. The molecular formula is C60H93N7O15. The molecule has 12 atom stereocenters. The van der Waals surface area contributed by atoms with E-state index in [1.165, 1.54) is 54.7 Å². The number of fused-ring (bicyclic) bond motifs is 1. The van der Waals surface area contributed by atoms with E-state index in [2.05, 4.69) is 16.0 Å². The molecule has 3 N–H and O–H groups in total. The number of carbonyl (C=O) groups is 11. The number of methoxy groups -OCH3 is 1. The van der Waals surface area contributed by atoms with Crippen molar-refractivity contribution in [1.82, 2.24) is 35.6 Å². The van der Waals surface area contributed by atoms with Crippen molar-refractivity contribution >= 4 is 64.9 Å². The Balaban J connectivity index is 1.94. The number of hydrogen-bond donors (Lipinski definition) is 3. The minimum absolute atomic E-state index is 0.0739. The molecule has 0 aliphatic carbocycles. The van der Waals surface area contributed by atoms with Crippen LogP contribution in [-0.2, 0) is 73.4 Å². The van der Waals surface area contributed by atoms with Gasteiger partial charge in [0.15, 0.2) is 11.9 Å². The van der Waals surface area contributed by atoms with E-state index in [1.54, 1.807) is 52.0 Å². The lowest BCUT2D eigenvalue weighted by Crippen LogP contribution is -2.62. The van der Waals surface area contributed by atoms with Gasteiger partial charge < -0.3 is 54.5 Å². The number of esters is 2. The minimum Gasteiger partial charge on any atom is -0.497 e. The highest BCUT2D eigenvalue weighted by Gasteiger charge is 2.46. The second-order valence-corrected chi connectivity index (χ2v) is 24.0. The number of ketones is 2. The fourth-order valence-electron chi connectivity index (χ4n) is 10.9. The highest BCUT2D eigenvalue weighted by atomic mass is 16.6. The number of ether oxygens (including phenoxy) is 4. The number of nitrogens with one attached hydrogen (secondary N) is 3. The average Bonchev–Trinajstić information content (AvgIpc) is 4.20. The molecular weight excluding hydrogens is 1060 g/mol. The van der Waals surface area contributed by atoms with Crippen molar-refractivity contribution in [1.29, 1.82) is 0 Å². The van der Waals surface area contributed by atoms with Gasteiger partial charge in [-0.2, -0.15) is 0 Å². The summed E-state index contributed by atoms with van der Waals surface area (Å²) in [5.74, 6) is -10.7. The van der Waals surface area contributed by atoms with Gasteiger partial charge in [-0.15, -0.1) is 0 Å². The third kappa shape index (κ3) is 17.8. The SMILES string of the molecule is CC[C@H](C)[C@@H]1NC(=O)[C@@H](NC(=O)[C@@H](CC(C)C)N(C)C(=O)[C@@H]2CCCN2C(=O)C(C)=O)[C@@H](C)OC(=O)[C@H](Cc2ccc(OC)cc2)N(C)C(=O)[C@@H]2CCCN2C(=O)[C@H](CC(C)C)NC(=O)[C@@H](C)C(=O)[C@H](C(C)C)OC(=O)C[C@H]1OC(C)C. The molecule has 1 aromatic carbocycles. The Kier molecular flexibility index (Phi) is 25.5. The van der Waals surface area contributed by atoms with Crippen LogP contribution in [0.15, 0.2) is 24.3 Å². The van der Waals surface area contributed by atoms with Gasteiger partial charge in [0, 0.05) is 40.5 Å². The van der Waals surface area contributed by atoms with Gasteiger partial charge in [0.2, 0.25) is 41.2 Å². The van der Waals surface area contributed by atoms with Gasteiger partial charge in [0.05, 0.1) is 37.7 Å². The molecule has 0 radical (unpaired) electrons. The van der Waals surface area contributed by atoms with E-state index in [4.69, 9.17) is 18.9 Å². The third-order valence-electron chi connectivity index (χ3n) is 15.8. The number of carbonyl (C=O) groups excluding carboxylic acids is 11. The molecule has 0 bridgehead atoms. The Bertz CT molecular complexity index is 2450. The lowest BCUT2D eigenvalue weighted by molar-refractivity contribution is -0.164. The molecule has 0 aromatic heterocycles. The quantitative estimate of drug-likeness (QED) is 0.113. The molecule has 3 heterocycles. The molecule has 3 aliphatic rings. The summed E-state index contributed by atoms with van der Waals surface area (Å²) in [5, 5.41) is 8.59. The van der Waals surface area contributed by atoms with E-state index >= 15 is 14.4 Å². The molecule has 458 valence electrons. The average molecular weight is 1150 g/mol. The van der Waals surface area contributed by atoms with E-state index in [0.29, 0.717) is 30.6 Å². The van der Waals surface area contributed by atoms with Crippen molar-refractivity contribution in [2.24, 2.45) is 29.6 Å². The summed E-state index contributed by atoms with van der Waals surface area (Å²) in [4.78, 5) is 162. The second-order valence-electron chi connectivity index (χ2n) is 24.0. The number of Topliss-reactive ketones (excluding diaryl/α,β-unsaturated/α-hetero) is 2. The molecule has 1 aromatic rings. The second kappa shape index (κ2) is 30.7. The first-order valence-electron chi connectivity index (χ1n) is 29.2. The van der Waals surface area contributed by atoms with Crippen molar-refractivity contribution in [3.63, 3.8) is 0 Å². The van der Waals surface area contributed by atoms with Crippen LogP contribution in [0.4, 0.5) is 0 Å². The number of likely N-dealkylation sites (N-methyl/N-ethyl adjacent to an activating group) is 2. The number of cyclic esters (lactones) is 2. The van der Waals surface area contributed by atoms with Crippen molar-refractivity contribution < 1.29 is 71.7 Å². The van der Waals surface area contributed by atoms with Crippen molar-refractivity contribution in [2.75, 3.05) is 34.3 Å². The highest BCUT2D eigenvalue weighted by Crippen LogP contribution is 2.28. The largest absolute Gasteiger partial charge is 0.497 e. The molecule has 3 aliphatic heterocycles. The summed E-state index contributed by atoms with van der Waals surface area (Å²) < 4.78 is 23.9. The number of hydrogen-bond acceptors (Lipinski definition) is 15. The van der Waals surface area contributed by atoms with Gasteiger partial charge in [0.25, 0.3) is 5.91 Å². The van der Waals surface area contributed by atoms with Crippen LogP contribution in [0, 0.1) is 29.6 Å². The Morgan fingerprint density at radius 1 is 0.829 bits per heavy atom. The van der Waals surface area contributed by atoms with Gasteiger partial charge in [-0.1, -0.05) is 73.9 Å². The predicted molar refractivity (Wildman–Crippen MR) is 303 cm³/mol. The van der Waals surface area contributed by atoms with Gasteiger partial charge in [-0.05, 0) is 108 Å². The van der Waals surface area contributed by atoms with Gasteiger partial charge >= 0.3 is 11.9 Å². The van der Waals surface area contributed by atoms with Crippen LogP contribution >= 0.6 is 0 Å². The number of rotatable bonds is 17. The summed E-state index contributed by atoms with van der Waals surface area (Å²) in [6, 6.07) is -1.91. The van der Waals surface area contributed by atoms with Gasteiger partial charge in [-0.3, -0.25) is 47.9 Å². The van der Waals surface area contributed by atoms with E-state index in [-0.39, 0.29) is 57.0 Å². The normalized spacial score (nSPS) is 26.7. The molecule has 3 saturated heterocycles. The summed E-state index contributed by atoms with van der Waals surface area (Å²) in [6.45, 7) is 22.0. The first kappa shape index (κ1) is 68.1. The fourth-order valence-corrected chi connectivity index (χ4v) is 10.9. The maximum absolute atomic E-state index is 15.3. The third-order valence-corrected chi connectivity index (χ3v) is 15.8. The minimum atomic E-state index is -1.73. The standard InChI is InChI=1S/C60H93N7O15/c1-17-36(10)49-47(80-35(8)9)31-48(69)82-52(34(6)7)51(70)37(11)53(71)61-42(28-32(2)3)57(75)67-27-19-21-44(67)59(77)65(15)46(30-40-22-24-41(79-16)25-23-40)60(78)81-39(13)50(55(73)62-49)63-54(72)45(29-33(4)5)64(14)58(76)43-20-18-26-66(43)56(74)38(12)68/h22-25,32-37,39,42-47,49-50,52H,17-21,26-31H2,1-16H3,(H,61,71)(H,62,73)(H,63,72)/t36-,37-,39+,42-,43-,44-,45+,46-,47+,49-,50-,52-/m0/s1. The molecule has 4 rings (SSSR count).